The van der Waals surface area contributed by atoms with Crippen LogP contribution in [0.15, 0.2) is 12.3 Å². The van der Waals surface area contributed by atoms with Gasteiger partial charge in [0.05, 0.1) is 12.1 Å². The SMILES string of the molecule is OCCOc1nc(Cl)nc2cc[nH]c12. The Morgan fingerprint density at radius 2 is 2.36 bits per heavy atom. The van der Waals surface area contributed by atoms with Crippen molar-refractivity contribution in [2.75, 3.05) is 13.2 Å². The van der Waals surface area contributed by atoms with Crippen LogP contribution in [0.4, 0.5) is 0 Å². The van der Waals surface area contributed by atoms with E-state index in [2.05, 4.69) is 15.0 Å². The Morgan fingerprint density at radius 1 is 1.50 bits per heavy atom. The second kappa shape index (κ2) is 3.81. The summed E-state index contributed by atoms with van der Waals surface area (Å²) in [6.45, 7) is 0.116. The average molecular weight is 214 g/mol. The summed E-state index contributed by atoms with van der Waals surface area (Å²) >= 11 is 5.68. The van der Waals surface area contributed by atoms with Gasteiger partial charge in [0, 0.05) is 6.20 Å². The molecule has 0 spiro atoms. The summed E-state index contributed by atoms with van der Waals surface area (Å²) in [5.74, 6) is 0.360. The third-order valence-corrected chi connectivity index (χ3v) is 1.84. The highest BCUT2D eigenvalue weighted by atomic mass is 35.5. The molecule has 74 valence electrons. The van der Waals surface area contributed by atoms with Crippen molar-refractivity contribution < 1.29 is 9.84 Å². The highest BCUT2D eigenvalue weighted by Crippen LogP contribution is 2.21. The molecule has 2 heterocycles. The highest BCUT2D eigenvalue weighted by molar-refractivity contribution is 6.28. The lowest BCUT2D eigenvalue weighted by Crippen LogP contribution is -2.04. The van der Waals surface area contributed by atoms with Crippen molar-refractivity contribution in [1.82, 2.24) is 15.0 Å². The van der Waals surface area contributed by atoms with E-state index in [1.807, 2.05) is 0 Å². The third-order valence-electron chi connectivity index (χ3n) is 1.68. The lowest BCUT2D eigenvalue weighted by atomic mass is 10.4. The average Bonchev–Trinajstić information content (AvgIpc) is 2.61. The Morgan fingerprint density at radius 3 is 3.14 bits per heavy atom. The Bertz CT molecular complexity index is 443. The molecule has 2 aromatic heterocycles. The first-order valence-corrected chi connectivity index (χ1v) is 4.43. The molecule has 5 nitrogen and oxygen atoms in total. The molecule has 0 aliphatic rings. The minimum absolute atomic E-state index is 0.0657. The van der Waals surface area contributed by atoms with Crippen molar-refractivity contribution in [1.29, 1.82) is 0 Å². The minimum atomic E-state index is -0.0657. The number of hydrogen-bond acceptors (Lipinski definition) is 4. The number of nitrogens with one attached hydrogen (secondary N) is 1. The summed E-state index contributed by atoms with van der Waals surface area (Å²) in [6.07, 6.45) is 1.72. The van der Waals surface area contributed by atoms with Gasteiger partial charge >= 0.3 is 0 Å². The Labute approximate surface area is 84.7 Å². The van der Waals surface area contributed by atoms with Crippen LogP contribution in [0.1, 0.15) is 0 Å². The smallest absolute Gasteiger partial charge is 0.242 e. The van der Waals surface area contributed by atoms with Gasteiger partial charge in [0.15, 0.2) is 0 Å². The summed E-state index contributed by atoms with van der Waals surface area (Å²) in [5.41, 5.74) is 1.38. The number of nitrogens with zero attached hydrogens (tertiary/aromatic N) is 2. The molecule has 0 atom stereocenters. The van der Waals surface area contributed by atoms with Crippen LogP contribution >= 0.6 is 11.6 Å². The molecule has 6 heteroatoms. The molecular formula is C8H8ClN3O2. The molecule has 0 unspecified atom stereocenters. The van der Waals surface area contributed by atoms with Crippen LogP contribution < -0.4 is 4.74 Å². The Balaban J connectivity index is 2.44. The molecule has 0 aromatic carbocycles. The number of fused-ring (bicyclic) bond motifs is 1. The van der Waals surface area contributed by atoms with Gasteiger partial charge in [-0.2, -0.15) is 4.98 Å². The molecule has 0 aliphatic heterocycles. The normalized spacial score (nSPS) is 10.7. The van der Waals surface area contributed by atoms with Gasteiger partial charge in [-0.15, -0.1) is 0 Å². The number of rotatable bonds is 3. The van der Waals surface area contributed by atoms with E-state index in [1.165, 1.54) is 0 Å². The van der Waals surface area contributed by atoms with Crippen LogP contribution in [0.3, 0.4) is 0 Å². The van der Waals surface area contributed by atoms with Crippen LogP contribution in [0.5, 0.6) is 5.88 Å². The molecule has 0 fully saturated rings. The third kappa shape index (κ3) is 1.64. The molecule has 2 N–H and O–H groups in total. The van der Waals surface area contributed by atoms with Gasteiger partial charge in [0.2, 0.25) is 11.2 Å². The lowest BCUT2D eigenvalue weighted by molar-refractivity contribution is 0.198. The maximum Gasteiger partial charge on any atom is 0.242 e. The van der Waals surface area contributed by atoms with E-state index in [0.717, 1.165) is 0 Å². The zero-order valence-corrected chi connectivity index (χ0v) is 7.95. The number of aliphatic hydroxyl groups is 1. The number of aromatic amines is 1. The molecule has 2 aromatic rings. The topological polar surface area (TPSA) is 71.0 Å². The molecule has 0 bridgehead atoms. The summed E-state index contributed by atoms with van der Waals surface area (Å²) in [5, 5.41) is 8.74. The van der Waals surface area contributed by atoms with E-state index in [9.17, 15) is 0 Å². The van der Waals surface area contributed by atoms with Gasteiger partial charge < -0.3 is 14.8 Å². The fourth-order valence-corrected chi connectivity index (χ4v) is 1.30. The zero-order valence-electron chi connectivity index (χ0n) is 7.20. The van der Waals surface area contributed by atoms with E-state index in [1.54, 1.807) is 12.3 Å². The number of ether oxygens (including phenoxy) is 1. The molecular weight excluding hydrogens is 206 g/mol. The molecule has 0 amide bonds. The number of aliphatic hydroxyl groups excluding tert-OH is 1. The number of hydrogen-bond donors (Lipinski definition) is 2. The maximum atomic E-state index is 8.61. The molecule has 0 radical (unpaired) electrons. The van der Waals surface area contributed by atoms with Gasteiger partial charge in [0.1, 0.15) is 12.1 Å². The first-order chi connectivity index (χ1) is 6.81. The van der Waals surface area contributed by atoms with Crippen molar-refractivity contribution in [3.05, 3.63) is 17.5 Å². The van der Waals surface area contributed by atoms with Crippen molar-refractivity contribution in [2.24, 2.45) is 0 Å². The predicted octanol–water partition coefficient (Wildman–Crippen LogP) is 0.982. The van der Waals surface area contributed by atoms with Crippen molar-refractivity contribution >= 4 is 22.6 Å². The van der Waals surface area contributed by atoms with Crippen LogP contribution in [0.2, 0.25) is 5.28 Å². The second-order valence-corrected chi connectivity index (χ2v) is 2.95. The van der Waals surface area contributed by atoms with Crippen molar-refractivity contribution in [2.45, 2.75) is 0 Å². The number of H-pyrrole nitrogens is 1. The molecule has 0 saturated carbocycles. The van der Waals surface area contributed by atoms with Crippen molar-refractivity contribution in [3.63, 3.8) is 0 Å². The number of aromatic nitrogens is 3. The first-order valence-electron chi connectivity index (χ1n) is 4.05. The van der Waals surface area contributed by atoms with E-state index in [4.69, 9.17) is 21.4 Å². The van der Waals surface area contributed by atoms with Gasteiger partial charge in [-0.05, 0) is 17.7 Å². The second-order valence-electron chi connectivity index (χ2n) is 2.61. The van der Waals surface area contributed by atoms with Gasteiger partial charge in [-0.1, -0.05) is 0 Å². The lowest BCUT2D eigenvalue weighted by Gasteiger charge is -2.03. The van der Waals surface area contributed by atoms with E-state index < -0.39 is 0 Å². The predicted molar refractivity (Wildman–Crippen MR) is 51.5 cm³/mol. The van der Waals surface area contributed by atoms with E-state index in [-0.39, 0.29) is 18.5 Å². The standard InChI is InChI=1S/C8H8ClN3O2/c9-8-11-5-1-2-10-6(5)7(12-8)14-4-3-13/h1-2,10,13H,3-4H2. The van der Waals surface area contributed by atoms with Gasteiger partial charge in [-0.3, -0.25) is 0 Å². The van der Waals surface area contributed by atoms with E-state index >= 15 is 0 Å². The molecule has 0 saturated heterocycles. The fraction of sp³-hybridized carbons (Fsp3) is 0.250. The summed E-state index contributed by atoms with van der Waals surface area (Å²) in [6, 6.07) is 1.77. The van der Waals surface area contributed by atoms with Crippen molar-refractivity contribution in [3.8, 4) is 5.88 Å². The molecule has 2 rings (SSSR count). The largest absolute Gasteiger partial charge is 0.474 e. The quantitative estimate of drug-likeness (QED) is 0.746. The van der Waals surface area contributed by atoms with Crippen LogP contribution in [0, 0.1) is 0 Å². The first kappa shape index (κ1) is 9.23. The summed E-state index contributed by atoms with van der Waals surface area (Å²) < 4.78 is 5.19. The Kier molecular flexibility index (Phi) is 2.51. The van der Waals surface area contributed by atoms with Crippen LogP contribution in [0.25, 0.3) is 11.0 Å². The summed E-state index contributed by atoms with van der Waals surface area (Å²) in [7, 11) is 0. The van der Waals surface area contributed by atoms with Crippen LogP contribution in [-0.4, -0.2) is 33.3 Å². The van der Waals surface area contributed by atoms with Gasteiger partial charge in [0.25, 0.3) is 0 Å². The Hall–Kier alpha value is -1.33. The number of halogens is 1. The maximum absolute atomic E-state index is 8.61. The zero-order chi connectivity index (χ0) is 9.97. The van der Waals surface area contributed by atoms with E-state index in [0.29, 0.717) is 16.9 Å². The highest BCUT2D eigenvalue weighted by Gasteiger charge is 2.07. The summed E-state index contributed by atoms with van der Waals surface area (Å²) in [4.78, 5) is 10.8. The fourth-order valence-electron chi connectivity index (χ4n) is 1.14. The molecule has 0 aliphatic carbocycles. The minimum Gasteiger partial charge on any atom is -0.474 e. The van der Waals surface area contributed by atoms with Gasteiger partial charge in [-0.25, -0.2) is 4.98 Å². The monoisotopic (exact) mass is 213 g/mol. The van der Waals surface area contributed by atoms with Crippen LogP contribution in [-0.2, 0) is 0 Å². The molecule has 14 heavy (non-hydrogen) atoms.